The van der Waals surface area contributed by atoms with Gasteiger partial charge in [-0.1, -0.05) is 85.5 Å². The fourth-order valence-corrected chi connectivity index (χ4v) is 5.68. The molecular weight excluding hydrogens is 588 g/mol. The van der Waals surface area contributed by atoms with Crippen LogP contribution in [-0.2, 0) is 15.1 Å². The van der Waals surface area contributed by atoms with Crippen molar-refractivity contribution >= 4 is 28.8 Å². The van der Waals surface area contributed by atoms with Crippen LogP contribution in [0.1, 0.15) is 65.4 Å². The maximum atomic E-state index is 13.5. The average Bonchev–Trinajstić information content (AvgIpc) is 3.10. The lowest BCUT2D eigenvalue weighted by Crippen LogP contribution is -2.35. The highest BCUT2D eigenvalue weighted by molar-refractivity contribution is 6.09. The fraction of sp³-hybridized carbons (Fsp3) is 0.171. The molecule has 0 amide bonds. The van der Waals surface area contributed by atoms with Gasteiger partial charge in [0, 0.05) is 45.5 Å². The van der Waals surface area contributed by atoms with Crippen LogP contribution < -0.4 is 14.2 Å². The van der Waals surface area contributed by atoms with Crippen LogP contribution in [0.3, 0.4) is 0 Å². The standard InChI is InChI=1S/C41H34O6/c1-4-27-45-33-23-21-32(22-24-33)41(31-19-17-30(18-20-31)16-15-29-11-7-6-8-12-29)26-25-36-37(40(43)44-5-2)39(46-28(3)42)35-14-10-9-13-34(35)38(36)47-41/h6-14,17-26H,4-5,27H2,1-3H3. The lowest BCUT2D eigenvalue weighted by Gasteiger charge is -2.37. The number of benzene rings is 5. The Bertz CT molecular complexity index is 2020. The normalized spacial score (nSPS) is 14.7. The Hall–Kier alpha value is -5.80. The van der Waals surface area contributed by atoms with E-state index in [1.165, 1.54) is 6.92 Å². The second-order valence-corrected chi connectivity index (χ2v) is 11.0. The molecule has 0 spiro atoms. The van der Waals surface area contributed by atoms with Crippen LogP contribution in [-0.4, -0.2) is 25.2 Å². The summed E-state index contributed by atoms with van der Waals surface area (Å²) in [5.41, 5.74) is 3.04. The van der Waals surface area contributed by atoms with Gasteiger partial charge >= 0.3 is 11.9 Å². The summed E-state index contributed by atoms with van der Waals surface area (Å²) in [4.78, 5) is 25.7. The third-order valence-electron chi connectivity index (χ3n) is 7.83. The first-order valence-corrected chi connectivity index (χ1v) is 15.7. The van der Waals surface area contributed by atoms with Crippen molar-refractivity contribution in [2.24, 2.45) is 0 Å². The molecule has 5 aromatic rings. The van der Waals surface area contributed by atoms with Crippen molar-refractivity contribution < 1.29 is 28.5 Å². The second kappa shape index (κ2) is 13.7. The molecule has 0 saturated heterocycles. The van der Waals surface area contributed by atoms with Gasteiger partial charge in [0.1, 0.15) is 17.1 Å². The first-order chi connectivity index (χ1) is 22.9. The minimum absolute atomic E-state index is 0.135. The summed E-state index contributed by atoms with van der Waals surface area (Å²) in [6, 6.07) is 33.1. The van der Waals surface area contributed by atoms with Crippen LogP contribution in [0.4, 0.5) is 0 Å². The van der Waals surface area contributed by atoms with E-state index in [9.17, 15) is 9.59 Å². The molecule has 1 aliphatic heterocycles. The highest BCUT2D eigenvalue weighted by Gasteiger charge is 2.40. The SMILES string of the molecule is CCCOc1ccc(C2(c3ccc(C#Cc4ccccc4)cc3)C=Cc3c(C(=O)OCC)c(OC(C)=O)c4ccccc4c3O2)cc1. The van der Waals surface area contributed by atoms with Crippen molar-refractivity contribution in [3.8, 4) is 29.1 Å². The van der Waals surface area contributed by atoms with Crippen molar-refractivity contribution in [2.75, 3.05) is 13.2 Å². The molecular formula is C41H34O6. The van der Waals surface area contributed by atoms with Crippen molar-refractivity contribution in [3.05, 3.63) is 143 Å². The van der Waals surface area contributed by atoms with E-state index in [0.717, 1.165) is 34.4 Å². The Morgan fingerprint density at radius 1 is 0.766 bits per heavy atom. The Kier molecular flexibility index (Phi) is 9.08. The van der Waals surface area contributed by atoms with Gasteiger partial charge in [0.15, 0.2) is 11.4 Å². The molecule has 0 saturated carbocycles. The van der Waals surface area contributed by atoms with Crippen LogP contribution in [0, 0.1) is 11.8 Å². The molecule has 6 nitrogen and oxygen atoms in total. The fourth-order valence-electron chi connectivity index (χ4n) is 5.68. The van der Waals surface area contributed by atoms with Gasteiger partial charge in [0.25, 0.3) is 0 Å². The molecule has 0 N–H and O–H groups in total. The van der Waals surface area contributed by atoms with Crippen LogP contribution in [0.2, 0.25) is 0 Å². The highest BCUT2D eigenvalue weighted by atomic mass is 16.5. The molecule has 0 radical (unpaired) electrons. The molecule has 1 aliphatic rings. The molecule has 234 valence electrons. The Balaban J connectivity index is 1.53. The van der Waals surface area contributed by atoms with E-state index in [1.54, 1.807) is 13.0 Å². The van der Waals surface area contributed by atoms with Crippen molar-refractivity contribution in [1.29, 1.82) is 0 Å². The average molecular weight is 623 g/mol. The summed E-state index contributed by atoms with van der Waals surface area (Å²) in [5.74, 6) is 6.69. The summed E-state index contributed by atoms with van der Waals surface area (Å²) in [5, 5.41) is 1.25. The molecule has 6 heteroatoms. The minimum atomic E-state index is -1.08. The molecule has 1 heterocycles. The van der Waals surface area contributed by atoms with E-state index in [-0.39, 0.29) is 17.9 Å². The summed E-state index contributed by atoms with van der Waals surface area (Å²) >= 11 is 0. The van der Waals surface area contributed by atoms with Crippen molar-refractivity contribution in [3.63, 3.8) is 0 Å². The molecule has 5 aromatic carbocycles. The number of rotatable bonds is 8. The molecule has 0 bridgehead atoms. The van der Waals surface area contributed by atoms with Gasteiger partial charge in [-0.2, -0.15) is 0 Å². The van der Waals surface area contributed by atoms with E-state index >= 15 is 0 Å². The van der Waals surface area contributed by atoms with E-state index in [0.29, 0.717) is 28.7 Å². The Morgan fingerprint density at radius 2 is 1.38 bits per heavy atom. The molecule has 0 aliphatic carbocycles. The van der Waals surface area contributed by atoms with Gasteiger partial charge < -0.3 is 18.9 Å². The largest absolute Gasteiger partial charge is 0.494 e. The summed E-state index contributed by atoms with van der Waals surface area (Å²) in [6.07, 6.45) is 4.69. The Labute approximate surface area is 274 Å². The van der Waals surface area contributed by atoms with Crippen LogP contribution >= 0.6 is 0 Å². The lowest BCUT2D eigenvalue weighted by molar-refractivity contribution is -0.131. The summed E-state index contributed by atoms with van der Waals surface area (Å²) in [7, 11) is 0. The molecule has 1 unspecified atom stereocenters. The maximum Gasteiger partial charge on any atom is 0.342 e. The zero-order chi connectivity index (χ0) is 32.8. The van der Waals surface area contributed by atoms with E-state index < -0.39 is 17.5 Å². The van der Waals surface area contributed by atoms with Gasteiger partial charge in [0.2, 0.25) is 0 Å². The van der Waals surface area contributed by atoms with Crippen LogP contribution in [0.25, 0.3) is 16.8 Å². The van der Waals surface area contributed by atoms with Crippen molar-refractivity contribution in [1.82, 2.24) is 0 Å². The topological polar surface area (TPSA) is 71.1 Å². The number of fused-ring (bicyclic) bond motifs is 3. The summed E-state index contributed by atoms with van der Waals surface area (Å²) < 4.78 is 24.1. The number of carbonyl (C=O) groups is 2. The number of hydrogen-bond acceptors (Lipinski definition) is 6. The smallest absolute Gasteiger partial charge is 0.342 e. The first-order valence-electron chi connectivity index (χ1n) is 15.7. The molecule has 0 aromatic heterocycles. The number of carbonyl (C=O) groups excluding carboxylic acids is 2. The zero-order valence-corrected chi connectivity index (χ0v) is 26.5. The predicted octanol–water partition coefficient (Wildman–Crippen LogP) is 8.48. The third kappa shape index (κ3) is 6.34. The predicted molar refractivity (Wildman–Crippen MR) is 183 cm³/mol. The molecule has 47 heavy (non-hydrogen) atoms. The maximum absolute atomic E-state index is 13.5. The zero-order valence-electron chi connectivity index (χ0n) is 26.5. The lowest BCUT2D eigenvalue weighted by atomic mass is 9.82. The van der Waals surface area contributed by atoms with Crippen LogP contribution in [0.15, 0.2) is 109 Å². The van der Waals surface area contributed by atoms with Gasteiger partial charge in [-0.05, 0) is 61.9 Å². The summed E-state index contributed by atoms with van der Waals surface area (Å²) in [6.45, 7) is 5.88. The number of ether oxygens (including phenoxy) is 4. The van der Waals surface area contributed by atoms with E-state index in [1.807, 2.05) is 109 Å². The second-order valence-electron chi connectivity index (χ2n) is 11.0. The van der Waals surface area contributed by atoms with E-state index in [4.69, 9.17) is 18.9 Å². The monoisotopic (exact) mass is 622 g/mol. The molecule has 0 fully saturated rings. The first kappa shape index (κ1) is 31.2. The van der Waals surface area contributed by atoms with Gasteiger partial charge in [0.05, 0.1) is 13.2 Å². The van der Waals surface area contributed by atoms with E-state index in [2.05, 4.69) is 18.8 Å². The number of esters is 2. The number of hydrogen-bond donors (Lipinski definition) is 0. The Morgan fingerprint density at radius 3 is 2.02 bits per heavy atom. The minimum Gasteiger partial charge on any atom is -0.494 e. The quantitative estimate of drug-likeness (QED) is 0.0982. The van der Waals surface area contributed by atoms with Crippen LogP contribution in [0.5, 0.6) is 17.2 Å². The van der Waals surface area contributed by atoms with Gasteiger partial charge in [-0.25, -0.2) is 4.79 Å². The molecule has 1 atom stereocenters. The highest BCUT2D eigenvalue weighted by Crippen LogP contribution is 2.49. The molecule has 6 rings (SSSR count). The van der Waals surface area contributed by atoms with Gasteiger partial charge in [-0.3, -0.25) is 4.79 Å². The third-order valence-corrected chi connectivity index (χ3v) is 7.83. The van der Waals surface area contributed by atoms with Gasteiger partial charge in [-0.15, -0.1) is 0 Å². The van der Waals surface area contributed by atoms with Crippen molar-refractivity contribution in [2.45, 2.75) is 32.8 Å².